The van der Waals surface area contributed by atoms with Gasteiger partial charge in [-0.05, 0) is 25.6 Å². The zero-order valence-corrected chi connectivity index (χ0v) is 13.0. The second-order valence-corrected chi connectivity index (χ2v) is 5.60. The van der Waals surface area contributed by atoms with E-state index in [4.69, 9.17) is 0 Å². The maximum absolute atomic E-state index is 12.9. The Morgan fingerprint density at radius 2 is 1.95 bits per heavy atom. The van der Waals surface area contributed by atoms with Crippen LogP contribution >= 0.6 is 0 Å². The van der Waals surface area contributed by atoms with Gasteiger partial charge in [-0.2, -0.15) is 13.2 Å². The largest absolute Gasteiger partial charge is 0.419 e. The van der Waals surface area contributed by atoms with Crippen LogP contribution in [0, 0.1) is 0 Å². The molecule has 0 aromatic carbocycles. The first-order chi connectivity index (χ1) is 10.4. The number of anilines is 1. The van der Waals surface area contributed by atoms with Crippen LogP contribution in [0.1, 0.15) is 19.4 Å². The van der Waals surface area contributed by atoms with Gasteiger partial charge in [0.2, 0.25) is 0 Å². The smallest absolute Gasteiger partial charge is 0.368 e. The van der Waals surface area contributed by atoms with E-state index < -0.39 is 11.7 Å². The molecule has 0 bridgehead atoms. The SMILES string of the molecule is CCN1CCN([C@@H](C)CNc2ncccc2C(F)(F)F)CC1. The van der Waals surface area contributed by atoms with Crippen LogP contribution in [0.15, 0.2) is 18.3 Å². The van der Waals surface area contributed by atoms with E-state index in [0.717, 1.165) is 38.8 Å². The fourth-order valence-corrected chi connectivity index (χ4v) is 2.67. The molecule has 1 aliphatic rings. The number of hydrogen-bond donors (Lipinski definition) is 1. The van der Waals surface area contributed by atoms with E-state index in [2.05, 4.69) is 27.0 Å². The van der Waals surface area contributed by atoms with E-state index in [1.54, 1.807) is 0 Å². The minimum absolute atomic E-state index is 0.0888. The highest BCUT2D eigenvalue weighted by molar-refractivity contribution is 5.45. The number of nitrogens with one attached hydrogen (secondary N) is 1. The van der Waals surface area contributed by atoms with Crippen LogP contribution in [-0.2, 0) is 6.18 Å². The lowest BCUT2D eigenvalue weighted by Gasteiger charge is -2.37. The fraction of sp³-hybridized carbons (Fsp3) is 0.667. The predicted octanol–water partition coefficient (Wildman–Crippen LogP) is 2.54. The fourth-order valence-electron chi connectivity index (χ4n) is 2.67. The lowest BCUT2D eigenvalue weighted by molar-refractivity contribution is -0.137. The molecule has 1 N–H and O–H groups in total. The number of alkyl halides is 3. The van der Waals surface area contributed by atoms with E-state index in [1.165, 1.54) is 12.3 Å². The Balaban J connectivity index is 1.91. The van der Waals surface area contributed by atoms with Crippen molar-refractivity contribution in [3.63, 3.8) is 0 Å². The number of piperazine rings is 1. The summed E-state index contributed by atoms with van der Waals surface area (Å²) in [7, 11) is 0. The number of likely N-dealkylation sites (N-methyl/N-ethyl adjacent to an activating group) is 1. The summed E-state index contributed by atoms with van der Waals surface area (Å²) in [5.74, 6) is -0.0888. The Kier molecular flexibility index (Phi) is 5.63. The molecule has 4 nitrogen and oxygen atoms in total. The molecule has 1 aromatic heterocycles. The van der Waals surface area contributed by atoms with Gasteiger partial charge in [0.15, 0.2) is 0 Å². The highest BCUT2D eigenvalue weighted by Gasteiger charge is 2.34. The number of rotatable bonds is 5. The van der Waals surface area contributed by atoms with Crippen molar-refractivity contribution in [2.24, 2.45) is 0 Å². The van der Waals surface area contributed by atoms with Gasteiger partial charge in [-0.25, -0.2) is 4.98 Å². The van der Waals surface area contributed by atoms with Gasteiger partial charge in [0, 0.05) is 45.0 Å². The topological polar surface area (TPSA) is 31.4 Å². The maximum atomic E-state index is 12.9. The molecule has 1 fully saturated rings. The van der Waals surface area contributed by atoms with E-state index in [9.17, 15) is 13.2 Å². The Hall–Kier alpha value is -1.34. The summed E-state index contributed by atoms with van der Waals surface area (Å²) < 4.78 is 38.7. The molecule has 1 aromatic rings. The number of hydrogen-bond acceptors (Lipinski definition) is 4. The molecule has 2 heterocycles. The molecule has 1 atom stereocenters. The van der Waals surface area contributed by atoms with Gasteiger partial charge in [-0.3, -0.25) is 4.90 Å². The van der Waals surface area contributed by atoms with Crippen molar-refractivity contribution in [3.8, 4) is 0 Å². The van der Waals surface area contributed by atoms with Crippen LogP contribution in [-0.4, -0.2) is 60.1 Å². The molecule has 22 heavy (non-hydrogen) atoms. The third-order valence-corrected chi connectivity index (χ3v) is 4.16. The quantitative estimate of drug-likeness (QED) is 0.904. The van der Waals surface area contributed by atoms with Crippen molar-refractivity contribution in [1.29, 1.82) is 0 Å². The third-order valence-electron chi connectivity index (χ3n) is 4.16. The summed E-state index contributed by atoms with van der Waals surface area (Å²) >= 11 is 0. The van der Waals surface area contributed by atoms with Crippen LogP contribution in [0.5, 0.6) is 0 Å². The predicted molar refractivity (Wildman–Crippen MR) is 80.9 cm³/mol. The minimum Gasteiger partial charge on any atom is -0.368 e. The Morgan fingerprint density at radius 3 is 2.55 bits per heavy atom. The summed E-state index contributed by atoms with van der Waals surface area (Å²) in [6, 6.07) is 2.53. The van der Waals surface area contributed by atoms with Gasteiger partial charge in [-0.15, -0.1) is 0 Å². The lowest BCUT2D eigenvalue weighted by atomic mass is 10.2. The average molecular weight is 316 g/mol. The van der Waals surface area contributed by atoms with Gasteiger partial charge in [-0.1, -0.05) is 6.92 Å². The summed E-state index contributed by atoms with van der Waals surface area (Å²) in [6.07, 6.45) is -3.01. The number of halogens is 3. The van der Waals surface area contributed by atoms with Crippen LogP contribution < -0.4 is 5.32 Å². The van der Waals surface area contributed by atoms with Crippen molar-refractivity contribution < 1.29 is 13.2 Å². The van der Waals surface area contributed by atoms with Gasteiger partial charge in [0.25, 0.3) is 0 Å². The maximum Gasteiger partial charge on any atom is 0.419 e. The number of nitrogens with zero attached hydrogens (tertiary/aromatic N) is 3. The summed E-state index contributed by atoms with van der Waals surface area (Å²) in [6.45, 7) is 9.59. The average Bonchev–Trinajstić information content (AvgIpc) is 2.52. The molecule has 1 saturated heterocycles. The minimum atomic E-state index is -4.38. The molecule has 0 radical (unpaired) electrons. The molecule has 124 valence electrons. The van der Waals surface area contributed by atoms with Gasteiger partial charge in [0.1, 0.15) is 5.82 Å². The monoisotopic (exact) mass is 316 g/mol. The molecule has 7 heteroatoms. The van der Waals surface area contributed by atoms with Crippen molar-refractivity contribution in [3.05, 3.63) is 23.9 Å². The second kappa shape index (κ2) is 7.28. The van der Waals surface area contributed by atoms with E-state index >= 15 is 0 Å². The lowest BCUT2D eigenvalue weighted by Crippen LogP contribution is -2.51. The molecular formula is C15H23F3N4. The normalized spacial score (nSPS) is 19.1. The zero-order valence-electron chi connectivity index (χ0n) is 13.0. The number of pyridine rings is 1. The molecule has 0 spiro atoms. The highest BCUT2D eigenvalue weighted by atomic mass is 19.4. The third kappa shape index (κ3) is 4.33. The van der Waals surface area contributed by atoms with Gasteiger partial charge in [0.05, 0.1) is 5.56 Å². The Bertz CT molecular complexity index is 470. The highest BCUT2D eigenvalue weighted by Crippen LogP contribution is 2.33. The molecule has 2 rings (SSSR count). The first kappa shape index (κ1) is 17.0. The standard InChI is InChI=1S/C15H23F3N4/c1-3-21-7-9-22(10-8-21)12(2)11-20-14-13(15(16,17)18)5-4-6-19-14/h4-6,12H,3,7-11H2,1-2H3,(H,19,20)/t12-/m0/s1. The van der Waals surface area contributed by atoms with Crippen LogP contribution in [0.4, 0.5) is 19.0 Å². The first-order valence-electron chi connectivity index (χ1n) is 7.64. The molecule has 0 unspecified atom stereocenters. The van der Waals surface area contributed by atoms with Gasteiger partial charge < -0.3 is 10.2 Å². The zero-order chi connectivity index (χ0) is 16.2. The first-order valence-corrected chi connectivity index (χ1v) is 7.64. The summed E-state index contributed by atoms with van der Waals surface area (Å²) in [5.41, 5.74) is -0.710. The number of aromatic nitrogens is 1. The Morgan fingerprint density at radius 1 is 1.27 bits per heavy atom. The van der Waals surface area contributed by atoms with Crippen LogP contribution in [0.3, 0.4) is 0 Å². The molecule has 1 aliphatic heterocycles. The van der Waals surface area contributed by atoms with E-state index in [1.807, 2.05) is 6.92 Å². The molecule has 0 aliphatic carbocycles. The van der Waals surface area contributed by atoms with Crippen LogP contribution in [0.2, 0.25) is 0 Å². The van der Waals surface area contributed by atoms with Crippen LogP contribution in [0.25, 0.3) is 0 Å². The summed E-state index contributed by atoms with van der Waals surface area (Å²) in [5, 5.41) is 2.86. The van der Waals surface area contributed by atoms with Crippen molar-refractivity contribution in [2.45, 2.75) is 26.1 Å². The molecule has 0 amide bonds. The van der Waals surface area contributed by atoms with Crippen molar-refractivity contribution >= 4 is 5.82 Å². The summed E-state index contributed by atoms with van der Waals surface area (Å²) in [4.78, 5) is 8.50. The van der Waals surface area contributed by atoms with E-state index in [-0.39, 0.29) is 11.9 Å². The Labute approximate surface area is 129 Å². The van der Waals surface area contributed by atoms with Gasteiger partial charge >= 0.3 is 6.18 Å². The van der Waals surface area contributed by atoms with Crippen molar-refractivity contribution in [2.75, 3.05) is 44.6 Å². The molecular weight excluding hydrogens is 293 g/mol. The van der Waals surface area contributed by atoms with Crippen molar-refractivity contribution in [1.82, 2.24) is 14.8 Å². The van der Waals surface area contributed by atoms with E-state index in [0.29, 0.717) is 6.54 Å². The second-order valence-electron chi connectivity index (χ2n) is 5.60. The molecule has 0 saturated carbocycles.